The second-order valence-corrected chi connectivity index (χ2v) is 7.51. The number of carbonyl (C=O) groups is 2. The fourth-order valence-electron chi connectivity index (χ4n) is 3.40. The van der Waals surface area contributed by atoms with Crippen LogP contribution in [0.3, 0.4) is 0 Å². The van der Waals surface area contributed by atoms with E-state index in [4.69, 9.17) is 4.74 Å². The molecule has 1 fully saturated rings. The Bertz CT molecular complexity index is 1080. The smallest absolute Gasteiger partial charge is 0.295 e. The number of amides is 1. The topological polar surface area (TPSA) is 79.7 Å². The summed E-state index contributed by atoms with van der Waals surface area (Å²) >= 11 is 1.43. The molecule has 146 valence electrons. The molecule has 1 aromatic carbocycles. The van der Waals surface area contributed by atoms with Gasteiger partial charge in [-0.3, -0.25) is 14.6 Å². The first-order chi connectivity index (χ1) is 14.1. The number of hydrogen-bond acceptors (Lipinski definition) is 6. The Morgan fingerprint density at radius 2 is 2.07 bits per heavy atom. The quantitative estimate of drug-likeness (QED) is 0.396. The van der Waals surface area contributed by atoms with E-state index in [2.05, 4.69) is 4.98 Å². The van der Waals surface area contributed by atoms with Crippen molar-refractivity contribution in [1.29, 1.82) is 0 Å². The molecule has 7 heteroatoms. The number of hydrogen-bond donors (Lipinski definition) is 1. The van der Waals surface area contributed by atoms with Crippen molar-refractivity contribution in [2.24, 2.45) is 0 Å². The van der Waals surface area contributed by atoms with Gasteiger partial charge in [0.25, 0.3) is 11.7 Å². The van der Waals surface area contributed by atoms with Gasteiger partial charge in [-0.2, -0.15) is 0 Å². The molecule has 0 aliphatic carbocycles. The lowest BCUT2D eigenvalue weighted by atomic mass is 9.99. The zero-order valence-corrected chi connectivity index (χ0v) is 16.4. The van der Waals surface area contributed by atoms with Crippen molar-refractivity contribution in [3.63, 3.8) is 0 Å². The molecule has 1 saturated heterocycles. The molecule has 1 atom stereocenters. The van der Waals surface area contributed by atoms with Crippen LogP contribution in [0.25, 0.3) is 5.76 Å². The van der Waals surface area contributed by atoms with Gasteiger partial charge in [0, 0.05) is 29.4 Å². The lowest BCUT2D eigenvalue weighted by Crippen LogP contribution is -2.28. The minimum Gasteiger partial charge on any atom is -0.507 e. The highest BCUT2D eigenvalue weighted by atomic mass is 32.1. The van der Waals surface area contributed by atoms with E-state index < -0.39 is 17.7 Å². The van der Waals surface area contributed by atoms with Crippen LogP contribution in [0, 0.1) is 0 Å². The molecule has 0 spiro atoms. The molecule has 0 unspecified atom stereocenters. The van der Waals surface area contributed by atoms with Crippen LogP contribution in [0.2, 0.25) is 0 Å². The molecule has 0 saturated carbocycles. The number of Topliss-reactive ketones (excluding diaryl/α,β-unsaturated/α-hetero) is 1. The van der Waals surface area contributed by atoms with Crippen LogP contribution in [-0.4, -0.2) is 33.8 Å². The molecule has 1 N–H and O–H groups in total. The number of ether oxygens (including phenoxy) is 1. The van der Waals surface area contributed by atoms with E-state index >= 15 is 0 Å². The predicted molar refractivity (Wildman–Crippen MR) is 109 cm³/mol. The van der Waals surface area contributed by atoms with Gasteiger partial charge in [0.1, 0.15) is 11.5 Å². The number of pyridine rings is 1. The molecule has 29 heavy (non-hydrogen) atoms. The fourth-order valence-corrected chi connectivity index (χ4v) is 4.25. The van der Waals surface area contributed by atoms with Crippen LogP contribution in [0.4, 0.5) is 0 Å². The number of rotatable bonds is 5. The van der Waals surface area contributed by atoms with Crippen LogP contribution < -0.4 is 4.74 Å². The lowest BCUT2D eigenvalue weighted by molar-refractivity contribution is -0.140. The highest BCUT2D eigenvalue weighted by molar-refractivity contribution is 7.10. The van der Waals surface area contributed by atoms with Gasteiger partial charge in [-0.15, -0.1) is 11.3 Å². The molecule has 1 amide bonds. The maximum atomic E-state index is 12.9. The Morgan fingerprint density at radius 1 is 1.21 bits per heavy atom. The third-order valence-corrected chi connectivity index (χ3v) is 5.70. The maximum Gasteiger partial charge on any atom is 0.295 e. The Balaban J connectivity index is 1.83. The van der Waals surface area contributed by atoms with E-state index in [0.717, 1.165) is 10.4 Å². The van der Waals surface area contributed by atoms with Gasteiger partial charge in [0.2, 0.25) is 0 Å². The molecule has 1 aliphatic heterocycles. The Hall–Kier alpha value is -3.45. The summed E-state index contributed by atoms with van der Waals surface area (Å²) in [5.74, 6) is -1.01. The van der Waals surface area contributed by atoms with Crippen LogP contribution >= 0.6 is 11.3 Å². The second kappa shape index (κ2) is 7.89. The molecular formula is C22H18N2O4S. The van der Waals surface area contributed by atoms with E-state index in [0.29, 0.717) is 11.3 Å². The maximum absolute atomic E-state index is 12.9. The van der Waals surface area contributed by atoms with Gasteiger partial charge in [0.15, 0.2) is 0 Å². The van der Waals surface area contributed by atoms with Gasteiger partial charge in [-0.1, -0.05) is 24.3 Å². The number of methoxy groups -OCH3 is 1. The molecule has 1 aliphatic rings. The van der Waals surface area contributed by atoms with E-state index in [1.54, 1.807) is 42.7 Å². The number of nitrogens with zero attached hydrogens (tertiary/aromatic N) is 2. The Morgan fingerprint density at radius 3 is 2.76 bits per heavy atom. The SMILES string of the molecule is COc1cccc(/C(O)=C2\C(=O)C(=O)N(Cc3cccnc3)[C@H]2c2cccs2)c1. The fraction of sp³-hybridized carbons (Fsp3) is 0.136. The van der Waals surface area contributed by atoms with Crippen molar-refractivity contribution in [1.82, 2.24) is 9.88 Å². The predicted octanol–water partition coefficient (Wildman–Crippen LogP) is 3.77. The summed E-state index contributed by atoms with van der Waals surface area (Å²) in [7, 11) is 1.53. The minimum atomic E-state index is -0.701. The van der Waals surface area contributed by atoms with E-state index in [9.17, 15) is 14.7 Å². The first kappa shape index (κ1) is 18.9. The summed E-state index contributed by atoms with van der Waals surface area (Å²) in [6, 6.07) is 13.5. The van der Waals surface area contributed by atoms with Gasteiger partial charge >= 0.3 is 0 Å². The number of aliphatic hydroxyl groups excluding tert-OH is 1. The first-order valence-electron chi connectivity index (χ1n) is 8.95. The van der Waals surface area contributed by atoms with Crippen molar-refractivity contribution >= 4 is 28.8 Å². The first-order valence-corrected chi connectivity index (χ1v) is 9.83. The number of carbonyl (C=O) groups excluding carboxylic acids is 2. The summed E-state index contributed by atoms with van der Waals surface area (Å²) in [5.41, 5.74) is 1.30. The monoisotopic (exact) mass is 406 g/mol. The van der Waals surface area contributed by atoms with Crippen molar-refractivity contribution < 1.29 is 19.4 Å². The Labute approximate surface area is 171 Å². The van der Waals surface area contributed by atoms with Crippen molar-refractivity contribution in [2.45, 2.75) is 12.6 Å². The van der Waals surface area contributed by atoms with E-state index in [1.165, 1.54) is 23.3 Å². The van der Waals surface area contributed by atoms with Crippen LogP contribution in [-0.2, 0) is 16.1 Å². The Kier molecular flexibility index (Phi) is 5.14. The summed E-state index contributed by atoms with van der Waals surface area (Å²) in [4.78, 5) is 32.2. The molecule has 0 radical (unpaired) electrons. The summed E-state index contributed by atoms with van der Waals surface area (Å²) in [6.07, 6.45) is 3.31. The number of ketones is 1. The second-order valence-electron chi connectivity index (χ2n) is 6.54. The molecule has 3 aromatic rings. The summed E-state index contributed by atoms with van der Waals surface area (Å²) in [5, 5.41) is 12.9. The molecule has 4 rings (SSSR count). The number of thiophene rings is 1. The zero-order valence-electron chi connectivity index (χ0n) is 15.6. The summed E-state index contributed by atoms with van der Waals surface area (Å²) in [6.45, 7) is 0.218. The highest BCUT2D eigenvalue weighted by Crippen LogP contribution is 2.42. The van der Waals surface area contributed by atoms with Crippen molar-refractivity contribution in [3.05, 3.63) is 87.9 Å². The molecule has 6 nitrogen and oxygen atoms in total. The van der Waals surface area contributed by atoms with Crippen LogP contribution in [0.5, 0.6) is 5.75 Å². The van der Waals surface area contributed by atoms with Crippen molar-refractivity contribution in [3.8, 4) is 5.75 Å². The average Bonchev–Trinajstić information content (AvgIpc) is 3.37. The van der Waals surface area contributed by atoms with Crippen LogP contribution in [0.1, 0.15) is 22.0 Å². The van der Waals surface area contributed by atoms with Gasteiger partial charge in [0.05, 0.1) is 18.7 Å². The standard InChI is InChI=1S/C22H18N2O4S/c1-28-16-7-2-6-15(11-16)20(25)18-19(17-8-4-10-29-17)24(22(27)21(18)26)13-14-5-3-9-23-12-14/h2-12,19,25H,13H2,1H3/b20-18+/t19-/m0/s1. The molecule has 2 aromatic heterocycles. The number of aromatic nitrogens is 1. The van der Waals surface area contributed by atoms with Crippen molar-refractivity contribution in [2.75, 3.05) is 7.11 Å². The average molecular weight is 406 g/mol. The van der Waals surface area contributed by atoms with Gasteiger partial charge < -0.3 is 14.7 Å². The lowest BCUT2D eigenvalue weighted by Gasteiger charge is -2.24. The molecular weight excluding hydrogens is 388 g/mol. The third-order valence-electron chi connectivity index (χ3n) is 4.77. The minimum absolute atomic E-state index is 0.0783. The highest BCUT2D eigenvalue weighted by Gasteiger charge is 2.46. The van der Waals surface area contributed by atoms with Gasteiger partial charge in [-0.05, 0) is 35.2 Å². The number of benzene rings is 1. The molecule has 0 bridgehead atoms. The normalized spacial score (nSPS) is 18.2. The van der Waals surface area contributed by atoms with Crippen LogP contribution in [0.15, 0.2) is 71.9 Å². The summed E-state index contributed by atoms with van der Waals surface area (Å²) < 4.78 is 5.21. The van der Waals surface area contributed by atoms with E-state index in [-0.39, 0.29) is 17.9 Å². The zero-order chi connectivity index (χ0) is 20.4. The molecule has 3 heterocycles. The van der Waals surface area contributed by atoms with Gasteiger partial charge in [-0.25, -0.2) is 0 Å². The van der Waals surface area contributed by atoms with E-state index in [1.807, 2.05) is 23.6 Å². The third kappa shape index (κ3) is 3.52. The largest absolute Gasteiger partial charge is 0.507 e. The number of aliphatic hydroxyl groups is 1. The number of likely N-dealkylation sites (tertiary alicyclic amines) is 1.